The molecule has 3 rings (SSSR count). The largest absolute Gasteiger partial charge is 0.0971 e. The zero-order chi connectivity index (χ0) is 10.8. The zero-order valence-corrected chi connectivity index (χ0v) is 11.6. The standard InChI is InChI=1S/C15H27P/c1-3-7-13(8-4-1)16(15-11-12-15)14-9-5-2-6-10-14/h13-15H,1-12H2. The van der Waals surface area contributed by atoms with Gasteiger partial charge in [0.05, 0.1) is 0 Å². The lowest BCUT2D eigenvalue weighted by atomic mass is 9.99. The van der Waals surface area contributed by atoms with Crippen LogP contribution in [0.3, 0.4) is 0 Å². The molecule has 0 bridgehead atoms. The highest BCUT2D eigenvalue weighted by atomic mass is 31.1. The van der Waals surface area contributed by atoms with Gasteiger partial charge in [0.1, 0.15) is 0 Å². The normalized spacial score (nSPS) is 29.8. The van der Waals surface area contributed by atoms with Gasteiger partial charge >= 0.3 is 0 Å². The minimum Gasteiger partial charge on any atom is -0.0971 e. The lowest BCUT2D eigenvalue weighted by Crippen LogP contribution is -2.22. The Hall–Kier alpha value is 0.430. The van der Waals surface area contributed by atoms with Gasteiger partial charge in [-0.3, -0.25) is 0 Å². The molecule has 3 aliphatic carbocycles. The summed E-state index contributed by atoms with van der Waals surface area (Å²) in [4.78, 5) is 0. The topological polar surface area (TPSA) is 0 Å². The van der Waals surface area contributed by atoms with Gasteiger partial charge in [0.15, 0.2) is 0 Å². The van der Waals surface area contributed by atoms with Crippen molar-refractivity contribution in [3.05, 3.63) is 0 Å². The summed E-state index contributed by atoms with van der Waals surface area (Å²) in [6, 6.07) is 0. The van der Waals surface area contributed by atoms with Crippen LogP contribution in [0.2, 0.25) is 0 Å². The number of hydrogen-bond donors (Lipinski definition) is 0. The molecule has 0 aromatic rings. The van der Waals surface area contributed by atoms with Crippen LogP contribution in [0, 0.1) is 0 Å². The summed E-state index contributed by atoms with van der Waals surface area (Å²) in [5, 5.41) is 0. The van der Waals surface area contributed by atoms with Crippen LogP contribution in [0.4, 0.5) is 0 Å². The fourth-order valence-electron chi connectivity index (χ4n) is 4.03. The molecule has 3 fully saturated rings. The average Bonchev–Trinajstić information content (AvgIpc) is 3.17. The van der Waals surface area contributed by atoms with Gasteiger partial charge in [-0.2, -0.15) is 0 Å². The van der Waals surface area contributed by atoms with E-state index in [0.29, 0.717) is 7.92 Å². The van der Waals surface area contributed by atoms with Crippen LogP contribution in [-0.4, -0.2) is 17.0 Å². The van der Waals surface area contributed by atoms with Crippen LogP contribution >= 0.6 is 7.92 Å². The third-order valence-corrected chi connectivity index (χ3v) is 9.04. The molecule has 0 N–H and O–H groups in total. The molecule has 92 valence electrons. The van der Waals surface area contributed by atoms with E-state index in [0.717, 1.165) is 0 Å². The van der Waals surface area contributed by atoms with Crippen molar-refractivity contribution in [2.45, 2.75) is 94.0 Å². The summed E-state index contributed by atoms with van der Waals surface area (Å²) in [7, 11) is 0.455. The van der Waals surface area contributed by atoms with E-state index in [1.54, 1.807) is 64.2 Å². The quantitative estimate of drug-likeness (QED) is 0.585. The Balaban J connectivity index is 1.64. The summed E-state index contributed by atoms with van der Waals surface area (Å²) in [6.07, 6.45) is 19.0. The summed E-state index contributed by atoms with van der Waals surface area (Å²) in [5.74, 6) is 0. The van der Waals surface area contributed by atoms with Crippen molar-refractivity contribution in [2.24, 2.45) is 0 Å². The van der Waals surface area contributed by atoms with Crippen molar-refractivity contribution in [3.8, 4) is 0 Å². The predicted molar refractivity (Wildman–Crippen MR) is 73.7 cm³/mol. The van der Waals surface area contributed by atoms with E-state index in [-0.39, 0.29) is 0 Å². The SMILES string of the molecule is C1CCC(P(C2CCCCC2)C2CC2)CC1. The Bertz CT molecular complexity index is 191. The molecule has 0 nitrogen and oxygen atoms in total. The van der Waals surface area contributed by atoms with Crippen LogP contribution in [0.25, 0.3) is 0 Å². The fourth-order valence-corrected chi connectivity index (χ4v) is 8.48. The van der Waals surface area contributed by atoms with Crippen molar-refractivity contribution in [1.29, 1.82) is 0 Å². The highest BCUT2D eigenvalue weighted by Gasteiger charge is 2.40. The second-order valence-electron chi connectivity index (χ2n) is 6.26. The zero-order valence-electron chi connectivity index (χ0n) is 10.7. The molecule has 3 aliphatic rings. The van der Waals surface area contributed by atoms with Crippen molar-refractivity contribution in [3.63, 3.8) is 0 Å². The van der Waals surface area contributed by atoms with Crippen LogP contribution in [-0.2, 0) is 0 Å². The minimum absolute atomic E-state index is 0.455. The molecule has 0 aliphatic heterocycles. The molecule has 16 heavy (non-hydrogen) atoms. The van der Waals surface area contributed by atoms with Crippen molar-refractivity contribution in [1.82, 2.24) is 0 Å². The molecule has 0 aromatic carbocycles. The van der Waals surface area contributed by atoms with Gasteiger partial charge in [0.2, 0.25) is 0 Å². The molecule has 0 aromatic heterocycles. The van der Waals surface area contributed by atoms with Gasteiger partial charge < -0.3 is 0 Å². The molecule has 0 saturated heterocycles. The molecule has 0 atom stereocenters. The van der Waals surface area contributed by atoms with Crippen LogP contribution < -0.4 is 0 Å². The highest BCUT2D eigenvalue weighted by Crippen LogP contribution is 2.65. The maximum Gasteiger partial charge on any atom is -0.0204 e. The first kappa shape index (κ1) is 11.5. The van der Waals surface area contributed by atoms with E-state index in [1.165, 1.54) is 29.8 Å². The Morgan fingerprint density at radius 1 is 0.438 bits per heavy atom. The van der Waals surface area contributed by atoms with Gasteiger partial charge in [-0.1, -0.05) is 46.4 Å². The highest BCUT2D eigenvalue weighted by molar-refractivity contribution is 7.60. The van der Waals surface area contributed by atoms with E-state index in [9.17, 15) is 0 Å². The number of rotatable bonds is 3. The molecule has 0 amide bonds. The van der Waals surface area contributed by atoms with E-state index < -0.39 is 0 Å². The van der Waals surface area contributed by atoms with Gasteiger partial charge in [0.25, 0.3) is 0 Å². The maximum atomic E-state index is 1.61. The predicted octanol–water partition coefficient (Wildman–Crippen LogP) is 5.30. The Kier molecular flexibility index (Phi) is 3.87. The van der Waals surface area contributed by atoms with Crippen LogP contribution in [0.5, 0.6) is 0 Å². The van der Waals surface area contributed by atoms with Crippen molar-refractivity contribution < 1.29 is 0 Å². The van der Waals surface area contributed by atoms with Crippen LogP contribution in [0.1, 0.15) is 77.0 Å². The van der Waals surface area contributed by atoms with Crippen molar-refractivity contribution in [2.75, 3.05) is 0 Å². The lowest BCUT2D eigenvalue weighted by molar-refractivity contribution is 0.484. The second kappa shape index (κ2) is 5.38. The Morgan fingerprint density at radius 2 is 0.812 bits per heavy atom. The fraction of sp³-hybridized carbons (Fsp3) is 1.00. The smallest absolute Gasteiger partial charge is 0.0204 e. The first-order chi connectivity index (χ1) is 7.95. The molecular weight excluding hydrogens is 211 g/mol. The Labute approximate surface area is 102 Å². The van der Waals surface area contributed by atoms with Crippen LogP contribution in [0.15, 0.2) is 0 Å². The number of hydrogen-bond acceptors (Lipinski definition) is 0. The van der Waals surface area contributed by atoms with Crippen molar-refractivity contribution >= 4 is 7.92 Å². The molecular formula is C15H27P. The minimum atomic E-state index is 0.455. The molecule has 0 radical (unpaired) electrons. The average molecular weight is 238 g/mol. The van der Waals surface area contributed by atoms with Gasteiger partial charge in [-0.05, 0) is 55.5 Å². The summed E-state index contributed by atoms with van der Waals surface area (Å²) >= 11 is 0. The first-order valence-electron chi connectivity index (χ1n) is 7.72. The summed E-state index contributed by atoms with van der Waals surface area (Å²) in [5.41, 5.74) is 3.65. The van der Waals surface area contributed by atoms with Gasteiger partial charge in [-0.15, -0.1) is 0 Å². The van der Waals surface area contributed by atoms with E-state index in [2.05, 4.69) is 0 Å². The second-order valence-corrected chi connectivity index (χ2v) is 9.35. The third kappa shape index (κ3) is 2.63. The molecule has 3 saturated carbocycles. The molecule has 0 heterocycles. The lowest BCUT2D eigenvalue weighted by Gasteiger charge is -2.38. The van der Waals surface area contributed by atoms with E-state index in [4.69, 9.17) is 0 Å². The van der Waals surface area contributed by atoms with Gasteiger partial charge in [0, 0.05) is 0 Å². The summed E-state index contributed by atoms with van der Waals surface area (Å²) in [6.45, 7) is 0. The Morgan fingerprint density at radius 3 is 1.19 bits per heavy atom. The van der Waals surface area contributed by atoms with E-state index >= 15 is 0 Å². The molecule has 0 unspecified atom stereocenters. The molecule has 0 spiro atoms. The third-order valence-electron chi connectivity index (χ3n) is 4.96. The first-order valence-corrected chi connectivity index (χ1v) is 9.27. The van der Waals surface area contributed by atoms with E-state index in [1.807, 2.05) is 0 Å². The maximum absolute atomic E-state index is 1.61. The summed E-state index contributed by atoms with van der Waals surface area (Å²) < 4.78 is 0. The monoisotopic (exact) mass is 238 g/mol. The van der Waals surface area contributed by atoms with Gasteiger partial charge in [-0.25, -0.2) is 0 Å². The molecule has 1 heteroatoms.